The van der Waals surface area contributed by atoms with Crippen LogP contribution in [0.1, 0.15) is 13.3 Å². The maximum Gasteiger partial charge on any atom is 0.119 e. The molecule has 0 saturated carbocycles. The number of rotatable bonds is 5. The van der Waals surface area contributed by atoms with E-state index >= 15 is 0 Å². The Bertz CT molecular complexity index is 259. The van der Waals surface area contributed by atoms with Crippen LogP contribution in [0.15, 0.2) is 30.3 Å². The standard InChI is InChI=1S/C11H17NO2/c1-11(13,9-12)7-8-14-10-5-3-2-4-6-10/h2-6,13H,7-9,12H2,1H3. The molecule has 3 nitrogen and oxygen atoms in total. The van der Waals surface area contributed by atoms with Crippen molar-refractivity contribution in [3.05, 3.63) is 30.3 Å². The zero-order valence-electron chi connectivity index (χ0n) is 8.44. The van der Waals surface area contributed by atoms with Crippen LogP contribution in [0.5, 0.6) is 5.75 Å². The molecule has 0 spiro atoms. The Morgan fingerprint density at radius 2 is 2.00 bits per heavy atom. The van der Waals surface area contributed by atoms with E-state index in [9.17, 15) is 5.11 Å². The lowest BCUT2D eigenvalue weighted by Crippen LogP contribution is -2.35. The van der Waals surface area contributed by atoms with Crippen molar-refractivity contribution in [2.24, 2.45) is 5.73 Å². The van der Waals surface area contributed by atoms with Gasteiger partial charge in [-0.2, -0.15) is 0 Å². The van der Waals surface area contributed by atoms with Gasteiger partial charge in [-0.05, 0) is 19.1 Å². The molecule has 0 saturated heterocycles. The Balaban J connectivity index is 2.29. The Morgan fingerprint density at radius 3 is 2.57 bits per heavy atom. The molecule has 0 aliphatic heterocycles. The van der Waals surface area contributed by atoms with Crippen LogP contribution in [0, 0.1) is 0 Å². The Kier molecular flexibility index (Phi) is 3.92. The first-order chi connectivity index (χ1) is 6.64. The van der Waals surface area contributed by atoms with E-state index in [0.717, 1.165) is 5.75 Å². The van der Waals surface area contributed by atoms with Gasteiger partial charge < -0.3 is 15.6 Å². The molecule has 0 aromatic heterocycles. The maximum absolute atomic E-state index is 9.60. The molecule has 1 aromatic rings. The van der Waals surface area contributed by atoms with E-state index in [2.05, 4.69) is 0 Å². The van der Waals surface area contributed by atoms with E-state index in [-0.39, 0.29) is 6.54 Å². The molecular formula is C11H17NO2. The van der Waals surface area contributed by atoms with Crippen LogP contribution in [0.2, 0.25) is 0 Å². The quantitative estimate of drug-likeness (QED) is 0.741. The number of nitrogens with two attached hydrogens (primary N) is 1. The zero-order valence-corrected chi connectivity index (χ0v) is 8.44. The molecule has 3 N–H and O–H groups in total. The van der Waals surface area contributed by atoms with Gasteiger partial charge in [-0.15, -0.1) is 0 Å². The number of hydrogen-bond donors (Lipinski definition) is 2. The number of hydrogen-bond acceptors (Lipinski definition) is 3. The van der Waals surface area contributed by atoms with Gasteiger partial charge in [0, 0.05) is 13.0 Å². The van der Waals surface area contributed by atoms with Crippen molar-refractivity contribution in [2.75, 3.05) is 13.2 Å². The van der Waals surface area contributed by atoms with Gasteiger partial charge in [0.05, 0.1) is 12.2 Å². The molecule has 0 bridgehead atoms. The summed E-state index contributed by atoms with van der Waals surface area (Å²) in [6.07, 6.45) is 0.540. The van der Waals surface area contributed by atoms with Crippen LogP contribution < -0.4 is 10.5 Å². The van der Waals surface area contributed by atoms with Crippen LogP contribution in [-0.2, 0) is 0 Å². The third kappa shape index (κ3) is 3.77. The van der Waals surface area contributed by atoms with E-state index in [1.54, 1.807) is 6.92 Å². The third-order valence-electron chi connectivity index (χ3n) is 2.09. The van der Waals surface area contributed by atoms with E-state index in [1.165, 1.54) is 0 Å². The summed E-state index contributed by atoms with van der Waals surface area (Å²) in [7, 11) is 0. The first kappa shape index (κ1) is 11.0. The lowest BCUT2D eigenvalue weighted by atomic mass is 10.0. The summed E-state index contributed by atoms with van der Waals surface area (Å²) in [6.45, 7) is 2.45. The van der Waals surface area contributed by atoms with Crippen molar-refractivity contribution in [3.8, 4) is 5.75 Å². The summed E-state index contributed by atoms with van der Waals surface area (Å²) < 4.78 is 5.43. The van der Waals surface area contributed by atoms with Gasteiger partial charge in [-0.25, -0.2) is 0 Å². The molecule has 0 aliphatic rings. The molecule has 78 valence electrons. The largest absolute Gasteiger partial charge is 0.493 e. The summed E-state index contributed by atoms with van der Waals surface area (Å²) in [5, 5.41) is 9.60. The lowest BCUT2D eigenvalue weighted by Gasteiger charge is -2.20. The van der Waals surface area contributed by atoms with E-state index < -0.39 is 5.60 Å². The fourth-order valence-corrected chi connectivity index (χ4v) is 1.01. The van der Waals surface area contributed by atoms with Crippen LogP contribution in [-0.4, -0.2) is 23.9 Å². The molecule has 0 fully saturated rings. The minimum atomic E-state index is -0.825. The minimum Gasteiger partial charge on any atom is -0.493 e. The highest BCUT2D eigenvalue weighted by Crippen LogP contribution is 2.11. The molecule has 1 aromatic carbocycles. The minimum absolute atomic E-state index is 0.255. The molecule has 1 rings (SSSR count). The van der Waals surface area contributed by atoms with Crippen molar-refractivity contribution in [1.29, 1.82) is 0 Å². The average Bonchev–Trinajstić information content (AvgIpc) is 2.19. The maximum atomic E-state index is 9.60. The Labute approximate surface area is 84.5 Å². The van der Waals surface area contributed by atoms with Crippen molar-refractivity contribution in [3.63, 3.8) is 0 Å². The highest BCUT2D eigenvalue weighted by atomic mass is 16.5. The molecule has 0 aliphatic carbocycles. The summed E-state index contributed by atoms with van der Waals surface area (Å²) >= 11 is 0. The topological polar surface area (TPSA) is 55.5 Å². The Morgan fingerprint density at radius 1 is 1.36 bits per heavy atom. The number of aliphatic hydroxyl groups is 1. The fraction of sp³-hybridized carbons (Fsp3) is 0.455. The van der Waals surface area contributed by atoms with Gasteiger partial charge in [0.15, 0.2) is 0 Å². The predicted molar refractivity (Wildman–Crippen MR) is 56.2 cm³/mol. The van der Waals surface area contributed by atoms with Crippen molar-refractivity contribution in [1.82, 2.24) is 0 Å². The summed E-state index contributed by atoms with van der Waals surface area (Å²) in [6, 6.07) is 9.53. The second kappa shape index (κ2) is 4.98. The average molecular weight is 195 g/mol. The van der Waals surface area contributed by atoms with E-state index in [0.29, 0.717) is 13.0 Å². The second-order valence-electron chi connectivity index (χ2n) is 3.61. The fourth-order valence-electron chi connectivity index (χ4n) is 1.01. The monoisotopic (exact) mass is 195 g/mol. The SMILES string of the molecule is CC(O)(CN)CCOc1ccccc1. The number of para-hydroxylation sites is 1. The molecule has 3 heteroatoms. The molecule has 1 unspecified atom stereocenters. The number of benzene rings is 1. The van der Waals surface area contributed by atoms with E-state index in [1.807, 2.05) is 30.3 Å². The zero-order chi connectivity index (χ0) is 10.4. The number of ether oxygens (including phenoxy) is 1. The van der Waals surface area contributed by atoms with Crippen LogP contribution in [0.25, 0.3) is 0 Å². The summed E-state index contributed by atoms with van der Waals surface area (Å²) in [5.41, 5.74) is 4.56. The van der Waals surface area contributed by atoms with Gasteiger partial charge in [0.25, 0.3) is 0 Å². The van der Waals surface area contributed by atoms with Gasteiger partial charge >= 0.3 is 0 Å². The lowest BCUT2D eigenvalue weighted by molar-refractivity contribution is 0.0453. The van der Waals surface area contributed by atoms with Gasteiger partial charge in [-0.3, -0.25) is 0 Å². The second-order valence-corrected chi connectivity index (χ2v) is 3.61. The van der Waals surface area contributed by atoms with Crippen LogP contribution in [0.4, 0.5) is 0 Å². The van der Waals surface area contributed by atoms with Crippen molar-refractivity contribution in [2.45, 2.75) is 18.9 Å². The smallest absolute Gasteiger partial charge is 0.119 e. The van der Waals surface area contributed by atoms with Gasteiger partial charge in [0.2, 0.25) is 0 Å². The first-order valence-electron chi connectivity index (χ1n) is 4.74. The van der Waals surface area contributed by atoms with Crippen molar-refractivity contribution >= 4 is 0 Å². The predicted octanol–water partition coefficient (Wildman–Crippen LogP) is 1.17. The molecule has 0 radical (unpaired) electrons. The highest BCUT2D eigenvalue weighted by Gasteiger charge is 2.17. The van der Waals surface area contributed by atoms with Gasteiger partial charge in [0.1, 0.15) is 5.75 Å². The molecule has 0 amide bonds. The van der Waals surface area contributed by atoms with Crippen LogP contribution in [0.3, 0.4) is 0 Å². The van der Waals surface area contributed by atoms with Crippen molar-refractivity contribution < 1.29 is 9.84 Å². The third-order valence-corrected chi connectivity index (χ3v) is 2.09. The van der Waals surface area contributed by atoms with Gasteiger partial charge in [-0.1, -0.05) is 18.2 Å². The molecule has 0 heterocycles. The van der Waals surface area contributed by atoms with Crippen LogP contribution >= 0.6 is 0 Å². The Hall–Kier alpha value is -1.06. The summed E-state index contributed by atoms with van der Waals surface area (Å²) in [4.78, 5) is 0. The molecule has 1 atom stereocenters. The molecular weight excluding hydrogens is 178 g/mol. The summed E-state index contributed by atoms with van der Waals surface area (Å²) in [5.74, 6) is 0.820. The normalized spacial score (nSPS) is 14.8. The first-order valence-corrected chi connectivity index (χ1v) is 4.74. The van der Waals surface area contributed by atoms with E-state index in [4.69, 9.17) is 10.5 Å². The highest BCUT2D eigenvalue weighted by molar-refractivity contribution is 5.20. The molecule has 14 heavy (non-hydrogen) atoms.